The average molecular weight is 392 g/mol. The monoisotopic (exact) mass is 392 g/mol. The van der Waals surface area contributed by atoms with Crippen LogP contribution >= 0.6 is 11.3 Å². The Labute approximate surface area is 167 Å². The fourth-order valence-corrected chi connectivity index (χ4v) is 3.98. The van der Waals surface area contributed by atoms with Gasteiger partial charge in [0.25, 0.3) is 5.91 Å². The van der Waals surface area contributed by atoms with Gasteiger partial charge in [0.1, 0.15) is 12.2 Å². The molecule has 28 heavy (non-hydrogen) atoms. The molecule has 3 aromatic rings. The Balaban J connectivity index is 1.29. The molecule has 1 amide bonds. The number of hydrogen-bond donors (Lipinski definition) is 1. The van der Waals surface area contributed by atoms with Crippen molar-refractivity contribution < 1.29 is 14.3 Å². The Morgan fingerprint density at radius 2 is 2.11 bits per heavy atom. The van der Waals surface area contributed by atoms with Gasteiger partial charge >= 0.3 is 0 Å². The van der Waals surface area contributed by atoms with Gasteiger partial charge in [-0.05, 0) is 32.0 Å². The average Bonchev–Trinajstić information content (AvgIpc) is 3.24. The molecule has 0 saturated heterocycles. The van der Waals surface area contributed by atoms with Gasteiger partial charge in [0.05, 0.1) is 16.8 Å². The molecule has 0 bridgehead atoms. The highest BCUT2D eigenvalue weighted by atomic mass is 32.1. The molecule has 0 spiro atoms. The van der Waals surface area contributed by atoms with Crippen LogP contribution in [0.25, 0.3) is 10.2 Å². The molecule has 0 aliphatic carbocycles. The number of hydrogen-bond acceptors (Lipinski definition) is 5. The van der Waals surface area contributed by atoms with Crippen LogP contribution in [0.1, 0.15) is 29.2 Å². The SMILES string of the molecule is CC1(C)Cc2cccc(OCC#CCNC(=O)c3nc4ccccc4s3)c2O1. The largest absolute Gasteiger partial charge is 0.483 e. The van der Waals surface area contributed by atoms with E-state index in [-0.39, 0.29) is 24.7 Å². The van der Waals surface area contributed by atoms with Gasteiger partial charge in [0.15, 0.2) is 16.5 Å². The maximum atomic E-state index is 12.2. The van der Waals surface area contributed by atoms with Crippen LogP contribution in [0, 0.1) is 11.8 Å². The quantitative estimate of drug-likeness (QED) is 0.686. The highest BCUT2D eigenvalue weighted by molar-refractivity contribution is 7.20. The number of para-hydroxylation sites is 2. The van der Waals surface area contributed by atoms with Crippen molar-refractivity contribution in [3.63, 3.8) is 0 Å². The standard InChI is InChI=1S/C22H20N2O3S/c1-22(2)14-15-8-7-10-17(19(15)27-22)26-13-6-5-12-23-20(25)21-24-16-9-3-4-11-18(16)28-21/h3-4,7-11H,12-14H2,1-2H3,(H,23,25). The number of nitrogens with zero attached hydrogens (tertiary/aromatic N) is 1. The van der Waals surface area contributed by atoms with E-state index in [1.54, 1.807) is 0 Å². The Kier molecular flexibility index (Phi) is 4.93. The maximum Gasteiger partial charge on any atom is 0.281 e. The lowest BCUT2D eigenvalue weighted by molar-refractivity contribution is 0.0958. The van der Waals surface area contributed by atoms with Crippen LogP contribution in [0.3, 0.4) is 0 Å². The van der Waals surface area contributed by atoms with Gasteiger partial charge in [-0.3, -0.25) is 4.79 Å². The van der Waals surface area contributed by atoms with Crippen molar-refractivity contribution in [1.29, 1.82) is 0 Å². The van der Waals surface area contributed by atoms with Crippen LogP contribution < -0.4 is 14.8 Å². The highest BCUT2D eigenvalue weighted by Gasteiger charge is 2.32. The van der Waals surface area contributed by atoms with Gasteiger partial charge in [-0.1, -0.05) is 36.1 Å². The van der Waals surface area contributed by atoms with Gasteiger partial charge in [-0.25, -0.2) is 4.98 Å². The van der Waals surface area contributed by atoms with E-state index in [1.165, 1.54) is 11.3 Å². The lowest BCUT2D eigenvalue weighted by Gasteiger charge is -2.17. The number of benzene rings is 2. The number of nitrogens with one attached hydrogen (secondary N) is 1. The number of carbonyl (C=O) groups is 1. The second-order valence-electron chi connectivity index (χ2n) is 7.09. The number of rotatable bonds is 4. The lowest BCUT2D eigenvalue weighted by Crippen LogP contribution is -2.24. The van der Waals surface area contributed by atoms with Crippen molar-refractivity contribution in [3.05, 3.63) is 53.0 Å². The van der Waals surface area contributed by atoms with Gasteiger partial charge in [-0.2, -0.15) is 0 Å². The van der Waals surface area contributed by atoms with E-state index in [9.17, 15) is 4.79 Å². The molecule has 0 unspecified atom stereocenters. The Hall–Kier alpha value is -3.04. The predicted molar refractivity (Wildman–Crippen MR) is 110 cm³/mol. The third-order valence-electron chi connectivity index (χ3n) is 4.31. The minimum Gasteiger partial charge on any atom is -0.483 e. The zero-order valence-electron chi connectivity index (χ0n) is 15.7. The first-order valence-electron chi connectivity index (χ1n) is 9.05. The van der Waals surface area contributed by atoms with E-state index in [1.807, 2.05) is 36.4 Å². The summed E-state index contributed by atoms with van der Waals surface area (Å²) in [5.41, 5.74) is 1.77. The molecule has 1 aromatic heterocycles. The summed E-state index contributed by atoms with van der Waals surface area (Å²) in [6, 6.07) is 13.6. The second-order valence-corrected chi connectivity index (χ2v) is 8.13. The molecule has 1 aliphatic rings. The second kappa shape index (κ2) is 7.53. The number of carbonyl (C=O) groups excluding carboxylic acids is 1. The molecule has 2 aromatic carbocycles. The molecule has 0 atom stereocenters. The molecular weight excluding hydrogens is 372 g/mol. The summed E-state index contributed by atoms with van der Waals surface area (Å²) in [6.45, 7) is 4.60. The van der Waals surface area contributed by atoms with Gasteiger partial charge < -0.3 is 14.8 Å². The summed E-state index contributed by atoms with van der Waals surface area (Å²) in [7, 11) is 0. The molecule has 4 rings (SSSR count). The maximum absolute atomic E-state index is 12.2. The van der Waals surface area contributed by atoms with Crippen LogP contribution in [0.2, 0.25) is 0 Å². The first kappa shape index (κ1) is 18.3. The summed E-state index contributed by atoms with van der Waals surface area (Å²) in [6.07, 6.45) is 0.864. The number of thiazole rings is 1. The molecule has 6 heteroatoms. The van der Waals surface area contributed by atoms with Crippen molar-refractivity contribution in [3.8, 4) is 23.3 Å². The zero-order valence-corrected chi connectivity index (χ0v) is 16.6. The van der Waals surface area contributed by atoms with Crippen molar-refractivity contribution >= 4 is 27.5 Å². The molecular formula is C22H20N2O3S. The van der Waals surface area contributed by atoms with E-state index < -0.39 is 0 Å². The Bertz CT molecular complexity index is 1060. The summed E-state index contributed by atoms with van der Waals surface area (Å²) < 4.78 is 12.7. The fraction of sp³-hybridized carbons (Fsp3) is 0.273. The molecule has 142 valence electrons. The fourth-order valence-electron chi connectivity index (χ4n) is 3.10. The van der Waals surface area contributed by atoms with Crippen molar-refractivity contribution in [2.24, 2.45) is 0 Å². The number of aromatic nitrogens is 1. The predicted octanol–water partition coefficient (Wildman–Crippen LogP) is 3.82. The smallest absolute Gasteiger partial charge is 0.281 e. The lowest BCUT2D eigenvalue weighted by atomic mass is 10.0. The van der Waals surface area contributed by atoms with Crippen LogP contribution in [-0.2, 0) is 6.42 Å². The van der Waals surface area contributed by atoms with Crippen molar-refractivity contribution in [1.82, 2.24) is 10.3 Å². The number of fused-ring (bicyclic) bond motifs is 2. The first-order valence-corrected chi connectivity index (χ1v) is 9.87. The van der Waals surface area contributed by atoms with Crippen LogP contribution in [0.15, 0.2) is 42.5 Å². The molecule has 1 aliphatic heterocycles. The topological polar surface area (TPSA) is 60.5 Å². The van der Waals surface area contributed by atoms with E-state index in [0.29, 0.717) is 10.8 Å². The molecule has 0 radical (unpaired) electrons. The van der Waals surface area contributed by atoms with Gasteiger partial charge in [0, 0.05) is 12.0 Å². The third-order valence-corrected chi connectivity index (χ3v) is 5.34. The number of amides is 1. The molecule has 1 N–H and O–H groups in total. The van der Waals surface area contributed by atoms with Crippen LogP contribution in [0.4, 0.5) is 0 Å². The van der Waals surface area contributed by atoms with Crippen LogP contribution in [-0.4, -0.2) is 29.6 Å². The Morgan fingerprint density at radius 3 is 2.96 bits per heavy atom. The summed E-state index contributed by atoms with van der Waals surface area (Å²) in [5, 5.41) is 3.21. The van der Waals surface area contributed by atoms with Crippen molar-refractivity contribution in [2.75, 3.05) is 13.2 Å². The minimum atomic E-state index is -0.215. The van der Waals surface area contributed by atoms with E-state index >= 15 is 0 Å². The number of ether oxygens (including phenoxy) is 2. The highest BCUT2D eigenvalue weighted by Crippen LogP contribution is 2.41. The Morgan fingerprint density at radius 1 is 1.25 bits per heavy atom. The summed E-state index contributed by atoms with van der Waals surface area (Å²) in [4.78, 5) is 16.5. The van der Waals surface area contributed by atoms with E-state index in [2.05, 4.69) is 42.1 Å². The van der Waals surface area contributed by atoms with Gasteiger partial charge in [0.2, 0.25) is 0 Å². The normalized spacial score (nSPS) is 13.9. The molecule has 2 heterocycles. The van der Waals surface area contributed by atoms with E-state index in [4.69, 9.17) is 9.47 Å². The summed E-state index contributed by atoms with van der Waals surface area (Å²) in [5.74, 6) is 7.12. The molecule has 5 nitrogen and oxygen atoms in total. The third kappa shape index (κ3) is 3.95. The summed E-state index contributed by atoms with van der Waals surface area (Å²) >= 11 is 1.37. The zero-order chi connectivity index (χ0) is 19.6. The van der Waals surface area contributed by atoms with Gasteiger partial charge in [-0.15, -0.1) is 11.3 Å². The first-order chi connectivity index (χ1) is 13.5. The van der Waals surface area contributed by atoms with E-state index in [0.717, 1.165) is 28.0 Å². The molecule has 0 saturated carbocycles. The minimum absolute atomic E-state index is 0.210. The van der Waals surface area contributed by atoms with Crippen molar-refractivity contribution in [2.45, 2.75) is 25.9 Å². The van der Waals surface area contributed by atoms with Crippen LogP contribution in [0.5, 0.6) is 11.5 Å². The molecule has 0 fully saturated rings.